The van der Waals surface area contributed by atoms with E-state index in [0.717, 1.165) is 10.7 Å². The first-order valence-corrected chi connectivity index (χ1v) is 7.61. The smallest absolute Gasteiger partial charge is 0.279 e. The van der Waals surface area contributed by atoms with Crippen LogP contribution in [0.3, 0.4) is 0 Å². The number of carbonyl (C=O) groups is 2. The van der Waals surface area contributed by atoms with Gasteiger partial charge in [-0.25, -0.2) is 0 Å². The molecule has 1 amide bonds. The Kier molecular flexibility index (Phi) is 4.52. The van der Waals surface area contributed by atoms with Crippen LogP contribution in [0.25, 0.3) is 0 Å². The normalized spacial score (nSPS) is 13.6. The van der Waals surface area contributed by atoms with E-state index in [1.165, 1.54) is 6.92 Å². The summed E-state index contributed by atoms with van der Waals surface area (Å²) in [5.41, 5.74) is 0.832. The van der Waals surface area contributed by atoms with Crippen LogP contribution in [0.2, 0.25) is 0 Å². The Morgan fingerprint density at radius 2 is 2.00 bits per heavy atom. The van der Waals surface area contributed by atoms with Crippen molar-refractivity contribution < 1.29 is 28.4 Å². The fourth-order valence-electron chi connectivity index (χ4n) is 2.58. The zero-order valence-corrected chi connectivity index (χ0v) is 13.5. The first-order chi connectivity index (χ1) is 11.5. The summed E-state index contributed by atoms with van der Waals surface area (Å²) in [5.74, 6) is 1.50. The number of hydrogen-bond acceptors (Lipinski definition) is 5. The van der Waals surface area contributed by atoms with Crippen molar-refractivity contribution in [2.45, 2.75) is 13.5 Å². The molecule has 1 unspecified atom stereocenters. The number of carbonyl (C=O) groups excluding carboxylic acids is 2. The standard InChI is InChI=1S/C17H18N2O5/c1-11(20)13-6-15-16(24-10-23-15)7-14(13)18-17(21)9-19(2)8-12-4-3-5-22-12/h3-7H,8-10H2,1-2H3,(H,18,21)/p+1. The molecule has 1 aromatic carbocycles. The van der Waals surface area contributed by atoms with Gasteiger partial charge in [0, 0.05) is 11.6 Å². The lowest BCUT2D eigenvalue weighted by atomic mass is 10.1. The lowest BCUT2D eigenvalue weighted by Crippen LogP contribution is -3.08. The van der Waals surface area contributed by atoms with Gasteiger partial charge in [0.25, 0.3) is 5.91 Å². The second-order valence-corrected chi connectivity index (χ2v) is 5.75. The van der Waals surface area contributed by atoms with Crippen LogP contribution in [0.1, 0.15) is 23.0 Å². The van der Waals surface area contributed by atoms with Crippen molar-refractivity contribution in [1.29, 1.82) is 0 Å². The summed E-state index contributed by atoms with van der Waals surface area (Å²) >= 11 is 0. The van der Waals surface area contributed by atoms with Crippen molar-refractivity contribution in [2.24, 2.45) is 0 Å². The second kappa shape index (κ2) is 6.76. The van der Waals surface area contributed by atoms with E-state index in [1.54, 1.807) is 18.4 Å². The number of hydrogen-bond donors (Lipinski definition) is 2. The molecule has 7 nitrogen and oxygen atoms in total. The SMILES string of the molecule is CC(=O)c1cc2c(cc1NC(=O)C[NH+](C)Cc1ccco1)OCO2. The Labute approximate surface area is 139 Å². The van der Waals surface area contributed by atoms with E-state index in [0.29, 0.717) is 29.3 Å². The maximum atomic E-state index is 12.3. The van der Waals surface area contributed by atoms with Gasteiger partial charge in [-0.1, -0.05) is 0 Å². The van der Waals surface area contributed by atoms with Gasteiger partial charge in [-0.3, -0.25) is 9.59 Å². The van der Waals surface area contributed by atoms with Crippen LogP contribution < -0.4 is 19.7 Å². The molecule has 1 atom stereocenters. The molecular formula is C17H19N2O5+. The summed E-state index contributed by atoms with van der Waals surface area (Å²) in [6.45, 7) is 2.40. The molecule has 0 saturated carbocycles. The minimum Gasteiger partial charge on any atom is -0.463 e. The van der Waals surface area contributed by atoms with Crippen LogP contribution in [-0.4, -0.2) is 32.1 Å². The molecule has 3 rings (SSSR count). The van der Waals surface area contributed by atoms with Crippen LogP contribution in [0.4, 0.5) is 5.69 Å². The molecule has 24 heavy (non-hydrogen) atoms. The Morgan fingerprint density at radius 3 is 2.67 bits per heavy atom. The van der Waals surface area contributed by atoms with Crippen molar-refractivity contribution in [2.75, 3.05) is 25.7 Å². The summed E-state index contributed by atoms with van der Waals surface area (Å²) in [4.78, 5) is 25.1. The number of nitrogens with one attached hydrogen (secondary N) is 2. The molecule has 0 fully saturated rings. The predicted octanol–water partition coefficient (Wildman–Crippen LogP) is 0.864. The summed E-state index contributed by atoms with van der Waals surface area (Å²) in [5, 5.41) is 2.79. The molecular weight excluding hydrogens is 312 g/mol. The van der Waals surface area contributed by atoms with Gasteiger partial charge >= 0.3 is 0 Å². The number of anilines is 1. The molecule has 2 heterocycles. The second-order valence-electron chi connectivity index (χ2n) is 5.75. The van der Waals surface area contributed by atoms with Gasteiger partial charge in [0.15, 0.2) is 29.6 Å². The van der Waals surface area contributed by atoms with E-state index in [1.807, 2.05) is 19.2 Å². The Balaban J connectivity index is 1.68. The van der Waals surface area contributed by atoms with Crippen molar-refractivity contribution in [1.82, 2.24) is 0 Å². The zero-order valence-electron chi connectivity index (χ0n) is 13.5. The Morgan fingerprint density at radius 1 is 1.25 bits per heavy atom. The average Bonchev–Trinajstić information content (AvgIpc) is 3.16. The summed E-state index contributed by atoms with van der Waals surface area (Å²) in [6, 6.07) is 6.90. The third-order valence-corrected chi connectivity index (χ3v) is 3.68. The fraction of sp³-hybridized carbons (Fsp3) is 0.294. The predicted molar refractivity (Wildman–Crippen MR) is 85.4 cm³/mol. The molecule has 1 aromatic heterocycles. The van der Waals surface area contributed by atoms with Gasteiger partial charge in [-0.05, 0) is 25.1 Å². The summed E-state index contributed by atoms with van der Waals surface area (Å²) in [6.07, 6.45) is 1.61. The minimum atomic E-state index is -0.194. The molecule has 0 saturated heterocycles. The van der Waals surface area contributed by atoms with Crippen molar-refractivity contribution in [3.05, 3.63) is 41.9 Å². The van der Waals surface area contributed by atoms with Gasteiger partial charge in [0.1, 0.15) is 6.54 Å². The van der Waals surface area contributed by atoms with Crippen LogP contribution in [-0.2, 0) is 11.3 Å². The van der Waals surface area contributed by atoms with E-state index in [2.05, 4.69) is 5.32 Å². The lowest BCUT2D eigenvalue weighted by Gasteiger charge is -2.14. The molecule has 1 aliphatic rings. The van der Waals surface area contributed by atoms with E-state index in [4.69, 9.17) is 13.9 Å². The first-order valence-electron chi connectivity index (χ1n) is 7.61. The van der Waals surface area contributed by atoms with Gasteiger partial charge in [-0.2, -0.15) is 0 Å². The molecule has 0 radical (unpaired) electrons. The molecule has 0 aliphatic carbocycles. The quantitative estimate of drug-likeness (QED) is 0.768. The van der Waals surface area contributed by atoms with Crippen LogP contribution in [0.5, 0.6) is 11.5 Å². The van der Waals surface area contributed by atoms with E-state index in [-0.39, 0.29) is 25.0 Å². The number of likely N-dealkylation sites (N-methyl/N-ethyl adjacent to an activating group) is 1. The average molecular weight is 331 g/mol. The lowest BCUT2D eigenvalue weighted by molar-refractivity contribution is -0.886. The molecule has 0 bridgehead atoms. The minimum absolute atomic E-state index is 0.111. The maximum absolute atomic E-state index is 12.3. The number of amides is 1. The Hall–Kier alpha value is -2.80. The number of benzene rings is 1. The third-order valence-electron chi connectivity index (χ3n) is 3.68. The summed E-state index contributed by atoms with van der Waals surface area (Å²) in [7, 11) is 1.90. The topological polar surface area (TPSA) is 82.2 Å². The van der Waals surface area contributed by atoms with Crippen LogP contribution >= 0.6 is 0 Å². The van der Waals surface area contributed by atoms with Crippen LogP contribution in [0, 0.1) is 0 Å². The largest absolute Gasteiger partial charge is 0.463 e. The number of Topliss-reactive ketones (excluding diaryl/α,β-unsaturated/α-hetero) is 1. The fourth-order valence-corrected chi connectivity index (χ4v) is 2.58. The zero-order chi connectivity index (χ0) is 17.1. The highest BCUT2D eigenvalue weighted by atomic mass is 16.7. The van der Waals surface area contributed by atoms with Gasteiger partial charge in [0.2, 0.25) is 6.79 Å². The van der Waals surface area contributed by atoms with Crippen molar-refractivity contribution in [3.8, 4) is 11.5 Å². The highest BCUT2D eigenvalue weighted by Gasteiger charge is 2.21. The molecule has 1 aliphatic heterocycles. The molecule has 126 valence electrons. The van der Waals surface area contributed by atoms with Crippen LogP contribution in [0.15, 0.2) is 34.9 Å². The maximum Gasteiger partial charge on any atom is 0.279 e. The molecule has 7 heteroatoms. The summed E-state index contributed by atoms with van der Waals surface area (Å²) < 4.78 is 15.9. The molecule has 0 spiro atoms. The monoisotopic (exact) mass is 331 g/mol. The number of furan rings is 1. The van der Waals surface area contributed by atoms with Gasteiger partial charge in [0.05, 0.1) is 19.0 Å². The first kappa shape index (κ1) is 16.1. The van der Waals surface area contributed by atoms with Gasteiger partial charge in [-0.15, -0.1) is 0 Å². The van der Waals surface area contributed by atoms with E-state index < -0.39 is 0 Å². The number of quaternary nitrogens is 1. The molecule has 2 aromatic rings. The highest BCUT2D eigenvalue weighted by molar-refractivity contribution is 6.04. The van der Waals surface area contributed by atoms with Gasteiger partial charge < -0.3 is 24.1 Å². The highest BCUT2D eigenvalue weighted by Crippen LogP contribution is 2.37. The number of ketones is 1. The Bertz CT molecular complexity index is 755. The molecule has 2 N–H and O–H groups in total. The van der Waals surface area contributed by atoms with E-state index >= 15 is 0 Å². The van der Waals surface area contributed by atoms with Crippen molar-refractivity contribution >= 4 is 17.4 Å². The third kappa shape index (κ3) is 3.57. The number of ether oxygens (including phenoxy) is 2. The van der Waals surface area contributed by atoms with E-state index in [9.17, 15) is 9.59 Å². The van der Waals surface area contributed by atoms with Crippen molar-refractivity contribution in [3.63, 3.8) is 0 Å². The number of fused-ring (bicyclic) bond motifs is 1. The number of rotatable bonds is 6.